The Balaban J connectivity index is 1.29. The van der Waals surface area contributed by atoms with Gasteiger partial charge >= 0.3 is 12.4 Å². The number of fused-ring (bicyclic) bond motifs is 2. The number of aryl methyl sites for hydroxylation is 1. The molecule has 1 amide bonds. The minimum absolute atomic E-state index is 0.0838. The second kappa shape index (κ2) is 11.5. The lowest BCUT2D eigenvalue weighted by atomic mass is 9.74. The molecule has 41 heavy (non-hydrogen) atoms. The molecule has 0 spiro atoms. The van der Waals surface area contributed by atoms with Gasteiger partial charge in [0.2, 0.25) is 5.91 Å². The second-order valence-electron chi connectivity index (χ2n) is 10.7. The normalized spacial score (nSPS) is 24.0. The third kappa shape index (κ3) is 6.43. The number of carbonyl (C=O) groups excluding carboxylic acids is 1. The van der Waals surface area contributed by atoms with Gasteiger partial charge in [-0.3, -0.25) is 4.79 Å². The molecule has 2 heterocycles. The maximum Gasteiger partial charge on any atom is 0.416 e. The maximum absolute atomic E-state index is 13.3. The highest BCUT2D eigenvalue weighted by molar-refractivity contribution is 5.80. The molecular formula is C31H30F6N2O2. The maximum atomic E-state index is 13.3. The van der Waals surface area contributed by atoms with E-state index in [1.54, 1.807) is 0 Å². The van der Waals surface area contributed by atoms with Crippen LogP contribution in [0.3, 0.4) is 0 Å². The van der Waals surface area contributed by atoms with Crippen molar-refractivity contribution in [3.05, 3.63) is 107 Å². The largest absolute Gasteiger partial charge is 0.416 e. The van der Waals surface area contributed by atoms with Gasteiger partial charge < -0.3 is 15.4 Å². The van der Waals surface area contributed by atoms with Crippen molar-refractivity contribution in [3.8, 4) is 0 Å². The molecule has 0 aliphatic carbocycles. The molecule has 2 saturated heterocycles. The predicted molar refractivity (Wildman–Crippen MR) is 141 cm³/mol. The van der Waals surface area contributed by atoms with Crippen LogP contribution >= 0.6 is 0 Å². The van der Waals surface area contributed by atoms with Gasteiger partial charge in [0, 0.05) is 12.6 Å². The van der Waals surface area contributed by atoms with Crippen molar-refractivity contribution < 1.29 is 35.9 Å². The molecule has 2 aliphatic rings. The number of rotatable bonds is 9. The topological polar surface area (TPSA) is 50.4 Å². The van der Waals surface area contributed by atoms with Gasteiger partial charge in [-0.25, -0.2) is 0 Å². The van der Waals surface area contributed by atoms with Crippen LogP contribution in [0.15, 0.2) is 78.9 Å². The number of hydrogen-bond donors (Lipinski definition) is 2. The lowest BCUT2D eigenvalue weighted by Crippen LogP contribution is -2.45. The van der Waals surface area contributed by atoms with Crippen molar-refractivity contribution in [2.24, 2.45) is 5.92 Å². The molecule has 2 N–H and O–H groups in total. The van der Waals surface area contributed by atoms with Gasteiger partial charge in [0.25, 0.3) is 0 Å². The van der Waals surface area contributed by atoms with Crippen molar-refractivity contribution in [2.75, 3.05) is 6.54 Å². The summed E-state index contributed by atoms with van der Waals surface area (Å²) in [6.07, 6.45) is -8.01. The summed E-state index contributed by atoms with van der Waals surface area (Å²) in [5, 5.41) is 6.55. The summed E-state index contributed by atoms with van der Waals surface area (Å²) in [6, 6.07) is 20.5. The fourth-order valence-corrected chi connectivity index (χ4v) is 6.05. The summed E-state index contributed by atoms with van der Waals surface area (Å²) in [7, 11) is 0. The Hall–Kier alpha value is -3.37. The summed E-state index contributed by atoms with van der Waals surface area (Å²) < 4.78 is 86.1. The van der Waals surface area contributed by atoms with Crippen LogP contribution in [-0.2, 0) is 40.5 Å². The van der Waals surface area contributed by atoms with E-state index in [2.05, 4.69) is 10.6 Å². The van der Waals surface area contributed by atoms with Gasteiger partial charge in [0.05, 0.1) is 35.3 Å². The minimum Gasteiger partial charge on any atom is -0.371 e. The molecule has 10 heteroatoms. The summed E-state index contributed by atoms with van der Waals surface area (Å²) in [4.78, 5) is 13.2. The Kier molecular flexibility index (Phi) is 8.16. The van der Waals surface area contributed by atoms with Gasteiger partial charge in [-0.2, -0.15) is 26.3 Å². The van der Waals surface area contributed by atoms with Crippen molar-refractivity contribution in [2.45, 2.75) is 62.3 Å². The third-order valence-corrected chi connectivity index (χ3v) is 8.00. The van der Waals surface area contributed by atoms with Crippen LogP contribution in [0, 0.1) is 5.92 Å². The predicted octanol–water partition coefficient (Wildman–Crippen LogP) is 6.64. The molecule has 4 unspecified atom stereocenters. The third-order valence-electron chi connectivity index (χ3n) is 8.00. The Bertz CT molecular complexity index is 1310. The molecule has 2 aliphatic heterocycles. The smallest absolute Gasteiger partial charge is 0.371 e. The lowest BCUT2D eigenvalue weighted by molar-refractivity contribution is -0.143. The summed E-state index contributed by atoms with van der Waals surface area (Å²) in [6.45, 7) is 0.0866. The number of hydrogen-bond acceptors (Lipinski definition) is 3. The monoisotopic (exact) mass is 576 g/mol. The van der Waals surface area contributed by atoms with Crippen LogP contribution in [0.4, 0.5) is 26.3 Å². The fraction of sp³-hybridized carbons (Fsp3) is 0.387. The number of ether oxygens (including phenoxy) is 1. The lowest BCUT2D eigenvalue weighted by Gasteiger charge is -2.36. The quantitative estimate of drug-likeness (QED) is 0.222. The SMILES string of the molecule is O=C(NCCCc1ccccc1)C1CC2(c3ccccc3)NC1CC2OCc1cc(C(F)(F)F)cc(C(F)(F)F)c1. The zero-order valence-corrected chi connectivity index (χ0v) is 22.1. The molecule has 3 aromatic carbocycles. The Labute approximate surface area is 234 Å². The minimum atomic E-state index is -4.93. The van der Waals surface area contributed by atoms with E-state index in [0.717, 1.165) is 18.4 Å². The molecule has 2 bridgehead atoms. The number of benzene rings is 3. The molecule has 0 saturated carbocycles. The van der Waals surface area contributed by atoms with E-state index in [0.29, 0.717) is 31.5 Å². The fourth-order valence-electron chi connectivity index (χ4n) is 6.05. The molecule has 3 aromatic rings. The first-order valence-corrected chi connectivity index (χ1v) is 13.5. The van der Waals surface area contributed by atoms with Crippen LogP contribution in [0.1, 0.15) is 47.1 Å². The average Bonchev–Trinajstić information content (AvgIpc) is 3.51. The van der Waals surface area contributed by atoms with Gasteiger partial charge in [-0.15, -0.1) is 0 Å². The van der Waals surface area contributed by atoms with Crippen molar-refractivity contribution in [1.82, 2.24) is 10.6 Å². The molecule has 218 valence electrons. The number of carbonyl (C=O) groups is 1. The van der Waals surface area contributed by atoms with E-state index < -0.39 is 41.7 Å². The molecule has 0 aromatic heterocycles. The highest BCUT2D eigenvalue weighted by Gasteiger charge is 2.59. The van der Waals surface area contributed by atoms with Gasteiger partial charge in [0.1, 0.15) is 0 Å². The van der Waals surface area contributed by atoms with E-state index >= 15 is 0 Å². The number of nitrogens with one attached hydrogen (secondary N) is 2. The first kappa shape index (κ1) is 29.1. The van der Waals surface area contributed by atoms with Gasteiger partial charge in [-0.05, 0) is 60.6 Å². The van der Waals surface area contributed by atoms with E-state index in [4.69, 9.17) is 4.74 Å². The van der Waals surface area contributed by atoms with Crippen molar-refractivity contribution in [3.63, 3.8) is 0 Å². The van der Waals surface area contributed by atoms with Crippen LogP contribution in [-0.4, -0.2) is 24.6 Å². The van der Waals surface area contributed by atoms with E-state index in [1.165, 1.54) is 5.56 Å². The highest BCUT2D eigenvalue weighted by Crippen LogP contribution is 2.50. The van der Waals surface area contributed by atoms with Crippen molar-refractivity contribution in [1.29, 1.82) is 0 Å². The van der Waals surface area contributed by atoms with Gasteiger partial charge in [-0.1, -0.05) is 60.7 Å². The zero-order valence-electron chi connectivity index (χ0n) is 22.1. The summed E-state index contributed by atoms with van der Waals surface area (Å²) >= 11 is 0. The van der Waals surface area contributed by atoms with Crippen molar-refractivity contribution >= 4 is 5.91 Å². The molecule has 4 atom stereocenters. The first-order chi connectivity index (χ1) is 19.5. The van der Waals surface area contributed by atoms with Crippen LogP contribution in [0.5, 0.6) is 0 Å². The Morgan fingerprint density at radius 2 is 1.49 bits per heavy atom. The van der Waals surface area contributed by atoms with E-state index in [9.17, 15) is 31.1 Å². The molecule has 4 nitrogen and oxygen atoms in total. The average molecular weight is 577 g/mol. The van der Waals surface area contributed by atoms with Crippen LogP contribution < -0.4 is 10.6 Å². The summed E-state index contributed by atoms with van der Waals surface area (Å²) in [5.74, 6) is -0.434. The Morgan fingerprint density at radius 3 is 2.10 bits per heavy atom. The molecule has 5 rings (SSSR count). The standard InChI is InChI=1S/C31H30F6N2O2/c32-30(33,34)23-14-21(15-24(16-23)31(35,36)37)19-41-27-17-26-25(18-29(27,39-26)22-11-5-2-6-12-22)28(40)38-13-7-10-20-8-3-1-4-9-20/h1-6,8-9,11-12,14-16,25-27,39H,7,10,13,17-19H2,(H,38,40). The molecule has 0 radical (unpaired) electrons. The van der Waals surface area contributed by atoms with Crippen LogP contribution in [0.25, 0.3) is 0 Å². The number of amides is 1. The Morgan fingerprint density at radius 1 is 0.878 bits per heavy atom. The molecule has 2 fully saturated rings. The number of alkyl halides is 6. The highest BCUT2D eigenvalue weighted by atomic mass is 19.4. The summed E-state index contributed by atoms with van der Waals surface area (Å²) in [5.41, 5.74) is -1.73. The zero-order chi connectivity index (χ0) is 29.3. The number of halogens is 6. The second-order valence-corrected chi connectivity index (χ2v) is 10.7. The van der Waals surface area contributed by atoms with E-state index in [1.807, 2.05) is 60.7 Å². The first-order valence-electron chi connectivity index (χ1n) is 13.5. The van der Waals surface area contributed by atoms with Gasteiger partial charge in [0.15, 0.2) is 0 Å². The van der Waals surface area contributed by atoms with E-state index in [-0.39, 0.29) is 29.5 Å². The van der Waals surface area contributed by atoms with Crippen LogP contribution in [0.2, 0.25) is 0 Å². The molecular weight excluding hydrogens is 546 g/mol.